The summed E-state index contributed by atoms with van der Waals surface area (Å²) in [6, 6.07) is 11.7. The zero-order chi connectivity index (χ0) is 19.9. The van der Waals surface area contributed by atoms with Crippen molar-refractivity contribution in [2.24, 2.45) is 5.10 Å². The highest BCUT2D eigenvalue weighted by Crippen LogP contribution is 2.28. The molecule has 1 heterocycles. The molecule has 0 atom stereocenters. The number of nitrogens with one attached hydrogen (secondary N) is 1. The second-order valence-electron chi connectivity index (χ2n) is 5.48. The van der Waals surface area contributed by atoms with Crippen LogP contribution in [-0.4, -0.2) is 31.4 Å². The molecular formula is C19H18N4O4S. The van der Waals surface area contributed by atoms with E-state index in [2.05, 4.69) is 15.5 Å². The van der Waals surface area contributed by atoms with Crippen molar-refractivity contribution < 1.29 is 19.0 Å². The Balaban J connectivity index is 1.68. The molecule has 9 heteroatoms. The van der Waals surface area contributed by atoms with Gasteiger partial charge in [-0.3, -0.25) is 5.43 Å². The first-order valence-electron chi connectivity index (χ1n) is 8.13. The van der Waals surface area contributed by atoms with Gasteiger partial charge in [0.05, 0.1) is 26.0 Å². The summed E-state index contributed by atoms with van der Waals surface area (Å²) in [6.45, 7) is 0. The number of hydrogen-bond acceptors (Lipinski definition) is 9. The van der Waals surface area contributed by atoms with Gasteiger partial charge >= 0.3 is 5.97 Å². The Morgan fingerprint density at radius 2 is 1.93 bits per heavy atom. The minimum atomic E-state index is -0.495. The van der Waals surface area contributed by atoms with Crippen LogP contribution in [0.5, 0.6) is 17.2 Å². The third-order valence-electron chi connectivity index (χ3n) is 3.61. The molecule has 3 aromatic rings. The number of anilines is 2. The fourth-order valence-corrected chi connectivity index (χ4v) is 2.78. The second kappa shape index (κ2) is 8.87. The van der Waals surface area contributed by atoms with E-state index < -0.39 is 5.97 Å². The maximum atomic E-state index is 12.3. The fraction of sp³-hybridized carbons (Fsp3) is 0.105. The number of thiazole rings is 1. The van der Waals surface area contributed by atoms with Crippen LogP contribution in [0.15, 0.2) is 52.9 Å². The van der Waals surface area contributed by atoms with Gasteiger partial charge in [-0.15, -0.1) is 11.3 Å². The molecule has 1 aromatic heterocycles. The maximum Gasteiger partial charge on any atom is 0.343 e. The number of carbonyl (C=O) groups excluding carboxylic acids is 1. The first-order valence-corrected chi connectivity index (χ1v) is 9.01. The number of carbonyl (C=O) groups is 1. The Morgan fingerprint density at radius 1 is 1.14 bits per heavy atom. The second-order valence-corrected chi connectivity index (χ2v) is 6.33. The molecule has 2 aromatic carbocycles. The lowest BCUT2D eigenvalue weighted by molar-refractivity contribution is 0.0729. The van der Waals surface area contributed by atoms with Crippen LogP contribution in [0, 0.1) is 0 Å². The van der Waals surface area contributed by atoms with Crippen molar-refractivity contribution in [1.29, 1.82) is 0 Å². The number of rotatable bonds is 7. The van der Waals surface area contributed by atoms with Crippen molar-refractivity contribution in [3.05, 3.63) is 59.0 Å². The van der Waals surface area contributed by atoms with Crippen LogP contribution in [-0.2, 0) is 0 Å². The lowest BCUT2D eigenvalue weighted by Gasteiger charge is -2.10. The lowest BCUT2D eigenvalue weighted by atomic mass is 10.2. The van der Waals surface area contributed by atoms with Gasteiger partial charge in [0, 0.05) is 5.38 Å². The third-order valence-corrected chi connectivity index (χ3v) is 4.38. The molecule has 28 heavy (non-hydrogen) atoms. The van der Waals surface area contributed by atoms with E-state index >= 15 is 0 Å². The van der Waals surface area contributed by atoms with E-state index in [4.69, 9.17) is 19.9 Å². The van der Waals surface area contributed by atoms with Gasteiger partial charge in [-0.25, -0.2) is 9.78 Å². The van der Waals surface area contributed by atoms with Gasteiger partial charge in [0.25, 0.3) is 0 Å². The number of hydrogen-bond donors (Lipinski definition) is 2. The van der Waals surface area contributed by atoms with Gasteiger partial charge in [0.1, 0.15) is 11.6 Å². The van der Waals surface area contributed by atoms with E-state index in [9.17, 15) is 4.79 Å². The maximum absolute atomic E-state index is 12.3. The zero-order valence-corrected chi connectivity index (χ0v) is 16.0. The van der Waals surface area contributed by atoms with Gasteiger partial charge in [-0.1, -0.05) is 0 Å². The highest BCUT2D eigenvalue weighted by Gasteiger charge is 2.13. The predicted octanol–water partition coefficient (Wildman–Crippen LogP) is 3.41. The predicted molar refractivity (Wildman–Crippen MR) is 109 cm³/mol. The molecule has 0 aliphatic carbocycles. The largest absolute Gasteiger partial charge is 0.497 e. The summed E-state index contributed by atoms with van der Waals surface area (Å²) in [5.41, 5.74) is 9.50. The topological polar surface area (TPSA) is 108 Å². The van der Waals surface area contributed by atoms with Gasteiger partial charge in [0.2, 0.25) is 5.13 Å². The molecule has 144 valence electrons. The van der Waals surface area contributed by atoms with E-state index in [1.54, 1.807) is 61.2 Å². The van der Waals surface area contributed by atoms with Crippen LogP contribution in [0.1, 0.15) is 15.9 Å². The van der Waals surface area contributed by atoms with Crippen LogP contribution < -0.4 is 25.4 Å². The summed E-state index contributed by atoms with van der Waals surface area (Å²) in [4.78, 5) is 16.4. The Hall–Kier alpha value is -3.59. The first kappa shape index (κ1) is 19.2. The quantitative estimate of drug-likeness (QED) is 0.272. The molecule has 0 unspecified atom stereocenters. The number of nitrogen functional groups attached to an aromatic ring is 1. The smallest absolute Gasteiger partial charge is 0.343 e. The molecule has 3 N–H and O–H groups in total. The zero-order valence-electron chi connectivity index (χ0n) is 15.2. The Kier molecular flexibility index (Phi) is 6.07. The summed E-state index contributed by atoms with van der Waals surface area (Å²) in [7, 11) is 3.06. The molecule has 0 amide bonds. The van der Waals surface area contributed by atoms with Gasteiger partial charge < -0.3 is 19.9 Å². The van der Waals surface area contributed by atoms with Crippen molar-refractivity contribution in [3.8, 4) is 17.2 Å². The highest BCUT2D eigenvalue weighted by molar-refractivity contribution is 7.14. The van der Waals surface area contributed by atoms with E-state index in [-0.39, 0.29) is 0 Å². The van der Waals surface area contributed by atoms with E-state index in [1.807, 2.05) is 0 Å². The molecule has 3 rings (SSSR count). The number of nitrogens with two attached hydrogens (primary N) is 1. The normalized spacial score (nSPS) is 10.6. The Labute approximate surface area is 165 Å². The average Bonchev–Trinajstić information content (AvgIpc) is 3.14. The molecule has 0 spiro atoms. The van der Waals surface area contributed by atoms with Crippen LogP contribution in [0.25, 0.3) is 0 Å². The minimum Gasteiger partial charge on any atom is -0.497 e. The van der Waals surface area contributed by atoms with E-state index in [1.165, 1.54) is 18.4 Å². The van der Waals surface area contributed by atoms with E-state index in [0.29, 0.717) is 33.8 Å². The molecule has 0 aliphatic rings. The van der Waals surface area contributed by atoms with Crippen molar-refractivity contribution in [2.75, 3.05) is 25.4 Å². The lowest BCUT2D eigenvalue weighted by Crippen LogP contribution is -2.09. The number of ether oxygens (including phenoxy) is 3. The van der Waals surface area contributed by atoms with Crippen LogP contribution in [0.3, 0.4) is 0 Å². The summed E-state index contributed by atoms with van der Waals surface area (Å²) in [5, 5.41) is 6.40. The highest BCUT2D eigenvalue weighted by atomic mass is 32.1. The minimum absolute atomic E-state index is 0.307. The Bertz CT molecular complexity index is 986. The molecule has 0 aliphatic heterocycles. The summed E-state index contributed by atoms with van der Waals surface area (Å²) < 4.78 is 15.8. The number of benzene rings is 2. The number of methoxy groups -OCH3 is 2. The van der Waals surface area contributed by atoms with E-state index in [0.717, 1.165) is 5.56 Å². The number of nitrogens with zero attached hydrogens (tertiary/aromatic N) is 2. The molecule has 0 radical (unpaired) electrons. The van der Waals surface area contributed by atoms with Crippen LogP contribution in [0.2, 0.25) is 0 Å². The average molecular weight is 398 g/mol. The Morgan fingerprint density at radius 3 is 2.57 bits per heavy atom. The van der Waals surface area contributed by atoms with Crippen molar-refractivity contribution in [2.45, 2.75) is 0 Å². The first-order chi connectivity index (χ1) is 13.6. The summed E-state index contributed by atoms with van der Waals surface area (Å²) in [5.74, 6) is 1.31. The van der Waals surface area contributed by atoms with Crippen molar-refractivity contribution in [1.82, 2.24) is 4.98 Å². The van der Waals surface area contributed by atoms with Crippen LogP contribution in [0.4, 0.5) is 10.9 Å². The van der Waals surface area contributed by atoms with Gasteiger partial charge in [0.15, 0.2) is 11.5 Å². The molecule has 8 nitrogen and oxygen atoms in total. The molecule has 0 saturated carbocycles. The number of aromatic nitrogens is 1. The summed E-state index contributed by atoms with van der Waals surface area (Å²) >= 11 is 1.35. The molecule has 0 fully saturated rings. The van der Waals surface area contributed by atoms with Crippen LogP contribution >= 0.6 is 11.3 Å². The standard InChI is InChI=1S/C19H18N4O4S/c1-25-14-6-4-13(5-7-14)18(24)27-15-8-3-12(9-16(15)26-2)10-21-23-19-22-17(20)11-28-19/h3-11H,20H2,1-2H3,(H,22,23). The molecular weight excluding hydrogens is 380 g/mol. The fourth-order valence-electron chi connectivity index (χ4n) is 2.23. The van der Waals surface area contributed by atoms with Crippen molar-refractivity contribution >= 4 is 34.5 Å². The summed E-state index contributed by atoms with van der Waals surface area (Å²) in [6.07, 6.45) is 1.59. The SMILES string of the molecule is COc1ccc(C(=O)Oc2ccc(C=NNc3nc(N)cs3)cc2OC)cc1. The van der Waals surface area contributed by atoms with Crippen molar-refractivity contribution in [3.63, 3.8) is 0 Å². The monoisotopic (exact) mass is 398 g/mol. The van der Waals surface area contributed by atoms with Gasteiger partial charge in [-0.2, -0.15) is 5.10 Å². The molecule has 0 bridgehead atoms. The number of esters is 1. The third kappa shape index (κ3) is 4.77. The molecule has 0 saturated heterocycles. The van der Waals surface area contributed by atoms with Gasteiger partial charge in [-0.05, 0) is 48.0 Å². The number of hydrazone groups is 1.